The van der Waals surface area contributed by atoms with Crippen molar-refractivity contribution in [1.82, 2.24) is 4.98 Å². The summed E-state index contributed by atoms with van der Waals surface area (Å²) in [6.45, 7) is 3.74. The van der Waals surface area contributed by atoms with Crippen LogP contribution in [0.3, 0.4) is 0 Å². The van der Waals surface area contributed by atoms with Crippen molar-refractivity contribution in [2.45, 2.75) is 13.8 Å². The van der Waals surface area contributed by atoms with E-state index in [1.807, 2.05) is 19.1 Å². The lowest BCUT2D eigenvalue weighted by atomic mass is 10.1. The van der Waals surface area contributed by atoms with E-state index in [1.165, 1.54) is 0 Å². The highest BCUT2D eigenvalue weighted by atomic mass is 16.4. The van der Waals surface area contributed by atoms with Gasteiger partial charge in [-0.3, -0.25) is 10.1 Å². The number of nitrogens with zero attached hydrogens (tertiary/aromatic N) is 1. The topological polar surface area (TPSA) is 55.1 Å². The number of nitrogens with one attached hydrogen (secondary N) is 1. The Kier molecular flexibility index (Phi) is 2.72. The average Bonchev–Trinajstić information content (AvgIpc) is 2.65. The zero-order chi connectivity index (χ0) is 11.5. The summed E-state index contributed by atoms with van der Waals surface area (Å²) in [6, 6.07) is 7.52. The number of oxazole rings is 1. The van der Waals surface area contributed by atoms with Crippen molar-refractivity contribution in [3.8, 4) is 0 Å². The molecule has 0 atom stereocenters. The second-order valence-electron chi connectivity index (χ2n) is 3.60. The van der Waals surface area contributed by atoms with Gasteiger partial charge in [-0.05, 0) is 26.0 Å². The summed E-state index contributed by atoms with van der Waals surface area (Å²) in [4.78, 5) is 15.6. The molecule has 0 fully saturated rings. The summed E-state index contributed by atoms with van der Waals surface area (Å²) in [6.07, 6.45) is 1.56. The van der Waals surface area contributed by atoms with Crippen molar-refractivity contribution >= 4 is 11.9 Å². The zero-order valence-electron chi connectivity index (χ0n) is 9.15. The van der Waals surface area contributed by atoms with E-state index in [1.54, 1.807) is 25.3 Å². The van der Waals surface area contributed by atoms with Gasteiger partial charge in [-0.15, -0.1) is 0 Å². The van der Waals surface area contributed by atoms with Gasteiger partial charge in [-0.2, -0.15) is 0 Å². The number of carbonyl (C=O) groups excluding carboxylic acids is 1. The van der Waals surface area contributed by atoms with Crippen LogP contribution in [-0.2, 0) is 0 Å². The van der Waals surface area contributed by atoms with Crippen molar-refractivity contribution in [2.75, 3.05) is 5.32 Å². The minimum Gasteiger partial charge on any atom is -0.429 e. The average molecular weight is 216 g/mol. The Balaban J connectivity index is 2.11. The van der Waals surface area contributed by atoms with Crippen LogP contribution in [0.15, 0.2) is 34.9 Å². The quantitative estimate of drug-likeness (QED) is 0.839. The molecule has 82 valence electrons. The van der Waals surface area contributed by atoms with Crippen LogP contribution in [0.4, 0.5) is 6.01 Å². The third-order valence-electron chi connectivity index (χ3n) is 2.16. The maximum absolute atomic E-state index is 11.7. The van der Waals surface area contributed by atoms with Crippen LogP contribution in [0.2, 0.25) is 0 Å². The first-order valence-electron chi connectivity index (χ1n) is 4.95. The fourth-order valence-electron chi connectivity index (χ4n) is 1.29. The summed E-state index contributed by atoms with van der Waals surface area (Å²) in [5, 5.41) is 2.58. The number of amides is 1. The Morgan fingerprint density at radius 2 is 1.94 bits per heavy atom. The van der Waals surface area contributed by atoms with Crippen molar-refractivity contribution in [3.63, 3.8) is 0 Å². The Hall–Kier alpha value is -2.10. The summed E-state index contributed by atoms with van der Waals surface area (Å²) in [7, 11) is 0. The van der Waals surface area contributed by atoms with Crippen molar-refractivity contribution in [1.29, 1.82) is 0 Å². The van der Waals surface area contributed by atoms with E-state index in [9.17, 15) is 4.79 Å². The molecule has 16 heavy (non-hydrogen) atoms. The first-order chi connectivity index (χ1) is 7.65. The fourth-order valence-corrected chi connectivity index (χ4v) is 1.29. The van der Waals surface area contributed by atoms with E-state index in [0.29, 0.717) is 11.3 Å². The first kappa shape index (κ1) is 10.4. The van der Waals surface area contributed by atoms with Gasteiger partial charge in [-0.25, -0.2) is 4.98 Å². The van der Waals surface area contributed by atoms with E-state index in [2.05, 4.69) is 10.3 Å². The minimum absolute atomic E-state index is 0.221. The molecular formula is C12H12N2O2. The van der Waals surface area contributed by atoms with Crippen LogP contribution in [-0.4, -0.2) is 10.9 Å². The Morgan fingerprint density at radius 3 is 2.50 bits per heavy atom. The summed E-state index contributed by atoms with van der Waals surface area (Å²) in [5.74, 6) is 0.445. The van der Waals surface area contributed by atoms with Gasteiger partial charge in [0.15, 0.2) is 0 Å². The zero-order valence-corrected chi connectivity index (χ0v) is 9.15. The molecule has 0 aliphatic heterocycles. The molecule has 1 aromatic carbocycles. The number of carbonyl (C=O) groups is 1. The number of anilines is 1. The van der Waals surface area contributed by atoms with Gasteiger partial charge in [0.2, 0.25) is 0 Å². The Bertz CT molecular complexity index is 500. The van der Waals surface area contributed by atoms with Crippen molar-refractivity contribution < 1.29 is 9.21 Å². The van der Waals surface area contributed by atoms with E-state index in [4.69, 9.17) is 4.42 Å². The standard InChI is InChI=1S/C12H12N2O2/c1-8-3-5-10(6-4-8)11(15)14-12-13-7-9(2)16-12/h3-7H,1-2H3,(H,13,14,15). The van der Waals surface area contributed by atoms with Gasteiger partial charge >= 0.3 is 6.01 Å². The van der Waals surface area contributed by atoms with Gasteiger partial charge in [-0.1, -0.05) is 17.7 Å². The van der Waals surface area contributed by atoms with Gasteiger partial charge in [0.1, 0.15) is 5.76 Å². The highest BCUT2D eigenvalue weighted by Gasteiger charge is 2.08. The number of hydrogen-bond acceptors (Lipinski definition) is 3. The Morgan fingerprint density at radius 1 is 1.25 bits per heavy atom. The SMILES string of the molecule is Cc1ccc(C(=O)Nc2ncc(C)o2)cc1. The second-order valence-corrected chi connectivity index (χ2v) is 3.60. The molecule has 0 saturated heterocycles. The molecule has 0 aliphatic rings. The highest BCUT2D eigenvalue weighted by Crippen LogP contribution is 2.10. The van der Waals surface area contributed by atoms with E-state index in [-0.39, 0.29) is 11.9 Å². The lowest BCUT2D eigenvalue weighted by Crippen LogP contribution is -2.11. The normalized spacial score (nSPS) is 10.1. The van der Waals surface area contributed by atoms with Gasteiger partial charge in [0, 0.05) is 5.56 Å². The molecule has 0 saturated carbocycles. The van der Waals surface area contributed by atoms with Gasteiger partial charge in [0.25, 0.3) is 5.91 Å². The van der Waals surface area contributed by atoms with Crippen molar-refractivity contribution in [2.24, 2.45) is 0 Å². The molecule has 1 N–H and O–H groups in total. The molecule has 1 heterocycles. The third-order valence-corrected chi connectivity index (χ3v) is 2.16. The van der Waals surface area contributed by atoms with Crippen LogP contribution in [0.25, 0.3) is 0 Å². The molecule has 1 amide bonds. The summed E-state index contributed by atoms with van der Waals surface area (Å²) in [5.41, 5.74) is 1.70. The van der Waals surface area contributed by atoms with Crippen LogP contribution in [0.5, 0.6) is 0 Å². The maximum atomic E-state index is 11.7. The molecule has 2 rings (SSSR count). The van der Waals surface area contributed by atoms with E-state index >= 15 is 0 Å². The summed E-state index contributed by atoms with van der Waals surface area (Å²) >= 11 is 0. The van der Waals surface area contributed by atoms with Gasteiger partial charge in [0.05, 0.1) is 6.20 Å². The molecule has 4 heteroatoms. The largest absolute Gasteiger partial charge is 0.429 e. The fraction of sp³-hybridized carbons (Fsp3) is 0.167. The molecule has 2 aromatic rings. The van der Waals surface area contributed by atoms with Crippen LogP contribution < -0.4 is 5.32 Å². The predicted molar refractivity (Wildman–Crippen MR) is 60.4 cm³/mol. The van der Waals surface area contributed by atoms with Crippen LogP contribution in [0, 0.1) is 13.8 Å². The first-order valence-corrected chi connectivity index (χ1v) is 4.95. The van der Waals surface area contributed by atoms with E-state index in [0.717, 1.165) is 5.56 Å². The number of benzene rings is 1. The molecule has 0 spiro atoms. The molecule has 1 aromatic heterocycles. The lowest BCUT2D eigenvalue weighted by Gasteiger charge is -2.01. The number of aryl methyl sites for hydroxylation is 2. The summed E-state index contributed by atoms with van der Waals surface area (Å²) < 4.78 is 5.16. The molecule has 0 bridgehead atoms. The van der Waals surface area contributed by atoms with Crippen molar-refractivity contribution in [3.05, 3.63) is 47.3 Å². The molecule has 4 nitrogen and oxygen atoms in total. The van der Waals surface area contributed by atoms with Crippen LogP contribution >= 0.6 is 0 Å². The number of hydrogen-bond donors (Lipinski definition) is 1. The van der Waals surface area contributed by atoms with Crippen LogP contribution in [0.1, 0.15) is 21.7 Å². The third kappa shape index (κ3) is 2.28. The minimum atomic E-state index is -0.221. The Labute approximate surface area is 93.3 Å². The smallest absolute Gasteiger partial charge is 0.301 e. The van der Waals surface area contributed by atoms with E-state index < -0.39 is 0 Å². The maximum Gasteiger partial charge on any atom is 0.301 e. The molecule has 0 radical (unpaired) electrons. The molecule has 0 aliphatic carbocycles. The molecule has 0 unspecified atom stereocenters. The number of aromatic nitrogens is 1. The molecular weight excluding hydrogens is 204 g/mol. The van der Waals surface area contributed by atoms with Gasteiger partial charge < -0.3 is 4.42 Å². The number of rotatable bonds is 2. The lowest BCUT2D eigenvalue weighted by molar-refractivity contribution is 0.102. The predicted octanol–water partition coefficient (Wildman–Crippen LogP) is 2.54. The monoisotopic (exact) mass is 216 g/mol. The highest BCUT2D eigenvalue weighted by molar-refractivity contribution is 6.03. The second kappa shape index (κ2) is 4.18.